The van der Waals surface area contributed by atoms with E-state index in [2.05, 4.69) is 53.8 Å². The number of methoxy groups -OCH3 is 2. The van der Waals surface area contributed by atoms with Crippen LogP contribution in [0.15, 0.2) is 85.7 Å². The van der Waals surface area contributed by atoms with Crippen molar-refractivity contribution in [1.82, 2.24) is 39.7 Å². The first-order chi connectivity index (χ1) is 31.6. The lowest BCUT2D eigenvalue weighted by Crippen LogP contribution is -2.32. The van der Waals surface area contributed by atoms with E-state index in [4.69, 9.17) is 40.4 Å². The van der Waals surface area contributed by atoms with Crippen LogP contribution >= 0.6 is 11.6 Å². The summed E-state index contributed by atoms with van der Waals surface area (Å²) in [6, 6.07) is 16.9. The molecule has 0 spiro atoms. The molecular formula is C48H51ClF2N8O6. The van der Waals surface area contributed by atoms with Crippen molar-refractivity contribution in [1.29, 1.82) is 0 Å². The number of hydrogen-bond donors (Lipinski definition) is 3. The molecule has 17 heteroatoms. The van der Waals surface area contributed by atoms with Crippen LogP contribution in [0.2, 0.25) is 5.15 Å². The number of nitrogens with zero attached hydrogens (tertiary/aromatic N) is 6. The maximum atomic E-state index is 14.9. The minimum Gasteiger partial charge on any atom is -0.505 e. The Hall–Kier alpha value is -6.49. The highest BCUT2D eigenvalue weighted by atomic mass is 35.5. The molecule has 0 unspecified atom stereocenters. The van der Waals surface area contributed by atoms with Gasteiger partial charge in [0.2, 0.25) is 5.88 Å². The summed E-state index contributed by atoms with van der Waals surface area (Å²) in [6.45, 7) is 5.77. The van der Waals surface area contributed by atoms with Gasteiger partial charge >= 0.3 is 0 Å². The fraction of sp³-hybridized carbons (Fsp3) is 0.333. The molecule has 14 nitrogen and oxygen atoms in total. The van der Waals surface area contributed by atoms with Gasteiger partial charge < -0.3 is 48.6 Å². The molecule has 10 rings (SSSR count). The van der Waals surface area contributed by atoms with Gasteiger partial charge in [-0.1, -0.05) is 11.6 Å². The number of aromatic nitrogens is 6. The van der Waals surface area contributed by atoms with E-state index in [0.717, 1.165) is 49.9 Å². The molecule has 0 atom stereocenters. The number of rotatable bonds is 10. The Kier molecular flexibility index (Phi) is 14.3. The van der Waals surface area contributed by atoms with Crippen molar-refractivity contribution >= 4 is 55.2 Å². The van der Waals surface area contributed by atoms with Gasteiger partial charge in [-0.05, 0) is 126 Å². The molecular weight excluding hydrogens is 858 g/mol. The van der Waals surface area contributed by atoms with E-state index in [9.17, 15) is 8.78 Å². The average Bonchev–Trinajstić information content (AvgIpc) is 4.02. The Labute approximate surface area is 379 Å². The molecule has 2 aliphatic rings. The zero-order valence-electron chi connectivity index (χ0n) is 36.6. The van der Waals surface area contributed by atoms with Gasteiger partial charge in [-0.25, -0.2) is 28.7 Å². The smallest absolute Gasteiger partial charge is 0.230 e. The number of benzene rings is 4. The highest BCUT2D eigenvalue weighted by Gasteiger charge is 2.21. The van der Waals surface area contributed by atoms with E-state index in [1.807, 2.05) is 18.2 Å². The predicted octanol–water partition coefficient (Wildman–Crippen LogP) is 9.80. The minimum absolute atomic E-state index is 0.0960. The molecule has 0 saturated carbocycles. The number of nitrogens with one attached hydrogen (secondary N) is 2. The third-order valence-corrected chi connectivity index (χ3v) is 12.2. The largest absolute Gasteiger partial charge is 0.505 e. The summed E-state index contributed by atoms with van der Waals surface area (Å²) in [7, 11) is 7.52. The quantitative estimate of drug-likeness (QED) is 0.112. The monoisotopic (exact) mass is 908 g/mol. The maximum Gasteiger partial charge on any atom is 0.230 e. The van der Waals surface area contributed by atoms with Gasteiger partial charge in [0.25, 0.3) is 0 Å². The normalized spacial score (nSPS) is 15.1. The second-order valence-electron chi connectivity index (χ2n) is 16.3. The number of aromatic hydroxyl groups is 1. The summed E-state index contributed by atoms with van der Waals surface area (Å²) in [5, 5.41) is 11.6. The Bertz CT molecular complexity index is 2880. The molecule has 4 aromatic carbocycles. The summed E-state index contributed by atoms with van der Waals surface area (Å²) in [5.41, 5.74) is 2.80. The topological polar surface area (TPSA) is 156 Å². The van der Waals surface area contributed by atoms with Crippen LogP contribution in [0.4, 0.5) is 8.78 Å². The number of likely N-dealkylation sites (tertiary alicyclic amines) is 2. The molecule has 3 N–H and O–H groups in total. The molecule has 0 amide bonds. The van der Waals surface area contributed by atoms with Crippen molar-refractivity contribution in [3.63, 3.8) is 0 Å². The summed E-state index contributed by atoms with van der Waals surface area (Å²) in [4.78, 5) is 27.3. The van der Waals surface area contributed by atoms with E-state index in [1.165, 1.54) is 31.6 Å². The Morgan fingerprint density at radius 3 is 1.69 bits per heavy atom. The third kappa shape index (κ3) is 10.6. The van der Waals surface area contributed by atoms with Crippen molar-refractivity contribution in [2.24, 2.45) is 11.8 Å². The summed E-state index contributed by atoms with van der Waals surface area (Å²) >= 11 is 6.10. The number of phenols is 1. The number of halogens is 3. The average molecular weight is 909 g/mol. The molecule has 65 heavy (non-hydrogen) atoms. The van der Waals surface area contributed by atoms with Gasteiger partial charge in [-0.2, -0.15) is 0 Å². The van der Waals surface area contributed by atoms with Crippen molar-refractivity contribution in [3.8, 4) is 40.4 Å². The van der Waals surface area contributed by atoms with Crippen molar-refractivity contribution < 1.29 is 37.6 Å². The zero-order valence-corrected chi connectivity index (χ0v) is 37.4. The lowest BCUT2D eigenvalue weighted by atomic mass is 9.98. The summed E-state index contributed by atoms with van der Waals surface area (Å²) in [6.07, 6.45) is 10.7. The number of ether oxygens (including phenoxy) is 5. The number of aromatic amines is 2. The lowest BCUT2D eigenvalue weighted by molar-refractivity contribution is 0.157. The Morgan fingerprint density at radius 2 is 1.12 bits per heavy atom. The zero-order chi connectivity index (χ0) is 45.5. The van der Waals surface area contributed by atoms with Gasteiger partial charge in [-0.15, -0.1) is 0 Å². The predicted molar refractivity (Wildman–Crippen MR) is 247 cm³/mol. The van der Waals surface area contributed by atoms with Crippen LogP contribution in [0, 0.1) is 23.5 Å². The number of piperidine rings is 2. The number of phenolic OH excluding ortho intramolecular Hbond substituents is 1. The minimum atomic E-state index is -0.566. The van der Waals surface area contributed by atoms with Crippen molar-refractivity contribution in [3.05, 3.63) is 102 Å². The Morgan fingerprint density at radius 1 is 0.615 bits per heavy atom. The SMILES string of the molecule is COc1cc2c(Cl)ncnc2cc1OCC1CCN(C)CC1.COc1cc2c(Oc3ccc4[nH]ccc4c3F)ncnc2cc1OCC1CCN(C)CC1.Oc1ccc2[nH]ccc2c1F. The second-order valence-corrected chi connectivity index (χ2v) is 16.6. The van der Waals surface area contributed by atoms with Crippen LogP contribution in [0.3, 0.4) is 0 Å². The lowest BCUT2D eigenvalue weighted by Gasteiger charge is -2.28. The fourth-order valence-electron chi connectivity index (χ4n) is 7.92. The van der Waals surface area contributed by atoms with Gasteiger partial charge in [0.15, 0.2) is 46.1 Å². The van der Waals surface area contributed by atoms with E-state index in [0.29, 0.717) is 85.9 Å². The van der Waals surface area contributed by atoms with Crippen LogP contribution in [-0.2, 0) is 0 Å². The molecule has 0 aliphatic carbocycles. The van der Waals surface area contributed by atoms with E-state index < -0.39 is 11.6 Å². The summed E-state index contributed by atoms with van der Waals surface area (Å²) in [5.74, 6) is 2.70. The van der Waals surface area contributed by atoms with Crippen LogP contribution < -0.4 is 23.7 Å². The van der Waals surface area contributed by atoms with Crippen molar-refractivity contribution in [2.75, 3.05) is 67.7 Å². The van der Waals surface area contributed by atoms with Gasteiger partial charge in [0.1, 0.15) is 17.8 Å². The first-order valence-electron chi connectivity index (χ1n) is 21.4. The maximum absolute atomic E-state index is 14.9. The first-order valence-corrected chi connectivity index (χ1v) is 21.8. The molecule has 0 bridgehead atoms. The molecule has 2 fully saturated rings. The van der Waals surface area contributed by atoms with E-state index >= 15 is 0 Å². The number of hydrogen-bond acceptors (Lipinski definition) is 12. The standard InChI is InChI=1S/C24H25FN4O3.C16H20ClN3O2.C8H6FNO/c1-29-9-6-15(7-10-29)13-31-22-12-19-17(11-21(22)30-2)24(28-14-27-19)32-20-4-3-18-16(23(20)25)5-8-26-18;1-20-5-3-11(4-6-20)9-22-15-8-13-12(7-14(15)21-2)16(17)19-10-18-13;9-8-5-3-4-10-6(5)1-2-7(8)11/h3-5,8,11-12,14-15,26H,6-7,9-10,13H2,1-2H3;7-8,10-11H,3-6,9H2,1-2H3;1-4,10-11H. The first kappa shape index (κ1) is 45.1. The van der Waals surface area contributed by atoms with Gasteiger partial charge in [-0.3, -0.25) is 0 Å². The van der Waals surface area contributed by atoms with Crippen LogP contribution in [-0.4, -0.2) is 113 Å². The van der Waals surface area contributed by atoms with E-state index in [-0.39, 0.29) is 17.4 Å². The van der Waals surface area contributed by atoms with Crippen molar-refractivity contribution in [2.45, 2.75) is 25.7 Å². The molecule has 4 aromatic heterocycles. The van der Waals surface area contributed by atoms with E-state index in [1.54, 1.807) is 63.0 Å². The highest BCUT2D eigenvalue weighted by molar-refractivity contribution is 6.34. The molecule has 0 radical (unpaired) electrons. The summed E-state index contributed by atoms with van der Waals surface area (Å²) < 4.78 is 56.8. The molecule has 2 saturated heterocycles. The Balaban J connectivity index is 0.000000150. The molecule has 6 heterocycles. The molecule has 2 aliphatic heterocycles. The second kappa shape index (κ2) is 20.6. The highest BCUT2D eigenvalue weighted by Crippen LogP contribution is 2.38. The van der Waals surface area contributed by atoms with Gasteiger partial charge in [0.05, 0.1) is 43.9 Å². The van der Waals surface area contributed by atoms with Crippen LogP contribution in [0.5, 0.6) is 40.4 Å². The number of fused-ring (bicyclic) bond motifs is 4. The molecule has 340 valence electrons. The van der Waals surface area contributed by atoms with Crippen LogP contribution in [0.25, 0.3) is 43.6 Å². The number of H-pyrrole nitrogens is 2. The third-order valence-electron chi connectivity index (χ3n) is 11.9. The molecule has 8 aromatic rings. The van der Waals surface area contributed by atoms with Crippen LogP contribution in [0.1, 0.15) is 25.7 Å². The van der Waals surface area contributed by atoms with Gasteiger partial charge in [0, 0.05) is 51.7 Å². The fourth-order valence-corrected chi connectivity index (χ4v) is 8.11.